The van der Waals surface area contributed by atoms with E-state index in [0.717, 1.165) is 0 Å². The first kappa shape index (κ1) is 13.7. The van der Waals surface area contributed by atoms with Gasteiger partial charge in [0.05, 0.1) is 5.56 Å². The Morgan fingerprint density at radius 2 is 2.11 bits per heavy atom. The molecule has 1 aromatic rings. The lowest BCUT2D eigenvalue weighted by molar-refractivity contribution is -0.142. The van der Waals surface area contributed by atoms with Crippen LogP contribution in [0.4, 0.5) is 0 Å². The Bertz CT molecular complexity index is 578. The van der Waals surface area contributed by atoms with E-state index in [1.807, 2.05) is 0 Å². The average Bonchev–Trinajstić information content (AvgIpc) is 2.31. The number of ketones is 1. The highest BCUT2D eigenvalue weighted by molar-refractivity contribution is 5.93. The van der Waals surface area contributed by atoms with Crippen LogP contribution in [-0.2, 0) is 16.1 Å². The molecule has 18 heavy (non-hydrogen) atoms. The van der Waals surface area contributed by atoms with Gasteiger partial charge in [0.1, 0.15) is 6.54 Å². The summed E-state index contributed by atoms with van der Waals surface area (Å²) in [5, 5.41) is 0. The fourth-order valence-electron chi connectivity index (χ4n) is 1.43. The number of nitrogens with zero attached hydrogens (tertiary/aromatic N) is 1. The van der Waals surface area contributed by atoms with Crippen molar-refractivity contribution in [2.24, 2.45) is 0 Å². The van der Waals surface area contributed by atoms with Crippen molar-refractivity contribution >= 4 is 11.8 Å². The van der Waals surface area contributed by atoms with Gasteiger partial charge in [0.25, 0.3) is 5.56 Å². The Kier molecular flexibility index (Phi) is 4.44. The third-order valence-corrected chi connectivity index (χ3v) is 2.38. The smallest absolute Gasteiger partial charge is 0.327 e. The van der Waals surface area contributed by atoms with Gasteiger partial charge in [0.15, 0.2) is 12.4 Å². The molecule has 0 saturated carbocycles. The molecule has 0 radical (unpaired) electrons. The van der Waals surface area contributed by atoms with Gasteiger partial charge in [-0.15, -0.1) is 6.42 Å². The van der Waals surface area contributed by atoms with Gasteiger partial charge in [0.2, 0.25) is 0 Å². The van der Waals surface area contributed by atoms with Crippen LogP contribution in [0.15, 0.2) is 16.9 Å². The number of terminal acetylenes is 1. The Morgan fingerprint density at radius 3 is 2.67 bits per heavy atom. The zero-order chi connectivity index (χ0) is 13.7. The summed E-state index contributed by atoms with van der Waals surface area (Å²) >= 11 is 0. The molecule has 0 unspecified atom stereocenters. The molecule has 5 heteroatoms. The van der Waals surface area contributed by atoms with E-state index in [4.69, 9.17) is 6.42 Å². The Hall–Kier alpha value is -2.35. The second-order valence-electron chi connectivity index (χ2n) is 3.70. The predicted molar refractivity (Wildman–Crippen MR) is 65.2 cm³/mol. The van der Waals surface area contributed by atoms with Gasteiger partial charge in [-0.2, -0.15) is 0 Å². The van der Waals surface area contributed by atoms with E-state index in [9.17, 15) is 14.4 Å². The largest absolute Gasteiger partial charge is 0.451 e. The second-order valence-corrected chi connectivity index (χ2v) is 3.70. The van der Waals surface area contributed by atoms with Crippen LogP contribution in [0.1, 0.15) is 23.0 Å². The molecule has 1 aromatic heterocycles. The van der Waals surface area contributed by atoms with Crippen molar-refractivity contribution < 1.29 is 14.3 Å². The summed E-state index contributed by atoms with van der Waals surface area (Å²) in [5.74, 6) is 1.20. The molecule has 1 heterocycles. The standard InChI is InChI=1S/C13H13NO4/c1-4-7-18-12(16)8-14-9(2)5-6-11(10(3)15)13(14)17/h1,5-6H,7-8H2,2-3H3. The van der Waals surface area contributed by atoms with Gasteiger partial charge in [0, 0.05) is 5.69 Å². The molecule has 0 N–H and O–H groups in total. The molecule has 0 aromatic carbocycles. The minimum atomic E-state index is -0.612. The van der Waals surface area contributed by atoms with Crippen molar-refractivity contribution in [2.75, 3.05) is 6.61 Å². The van der Waals surface area contributed by atoms with Crippen LogP contribution < -0.4 is 5.56 Å². The minimum Gasteiger partial charge on any atom is -0.451 e. The summed E-state index contributed by atoms with van der Waals surface area (Å²) in [5.41, 5.74) is 0.119. The number of carbonyl (C=O) groups excluding carboxylic acids is 2. The van der Waals surface area contributed by atoms with E-state index in [1.165, 1.54) is 17.6 Å². The van der Waals surface area contributed by atoms with Crippen LogP contribution >= 0.6 is 0 Å². The monoisotopic (exact) mass is 247 g/mol. The van der Waals surface area contributed by atoms with Crippen molar-refractivity contribution in [1.29, 1.82) is 0 Å². The third kappa shape index (κ3) is 3.08. The van der Waals surface area contributed by atoms with E-state index < -0.39 is 11.5 Å². The predicted octanol–water partition coefficient (Wildman–Crippen LogP) is 0.536. The number of Topliss-reactive ketones (excluding diaryl/α,β-unsaturated/α-hetero) is 1. The molecule has 0 amide bonds. The van der Waals surface area contributed by atoms with E-state index in [-0.39, 0.29) is 24.5 Å². The van der Waals surface area contributed by atoms with Gasteiger partial charge in [-0.1, -0.05) is 5.92 Å². The molecule has 0 aliphatic heterocycles. The maximum atomic E-state index is 11.9. The fraction of sp³-hybridized carbons (Fsp3) is 0.308. The van der Waals surface area contributed by atoms with E-state index in [0.29, 0.717) is 5.69 Å². The molecule has 0 bridgehead atoms. The van der Waals surface area contributed by atoms with Crippen LogP contribution in [0, 0.1) is 19.3 Å². The van der Waals surface area contributed by atoms with Crippen LogP contribution in [-0.4, -0.2) is 22.9 Å². The van der Waals surface area contributed by atoms with Gasteiger partial charge in [-0.25, -0.2) is 0 Å². The molecular formula is C13H13NO4. The van der Waals surface area contributed by atoms with Crippen molar-refractivity contribution in [2.45, 2.75) is 20.4 Å². The van der Waals surface area contributed by atoms with Gasteiger partial charge >= 0.3 is 5.97 Å². The summed E-state index contributed by atoms with van der Waals surface area (Å²) in [4.78, 5) is 34.6. The quantitative estimate of drug-likeness (QED) is 0.442. The number of aryl methyl sites for hydroxylation is 1. The number of rotatable bonds is 4. The van der Waals surface area contributed by atoms with Crippen molar-refractivity contribution in [3.63, 3.8) is 0 Å². The maximum absolute atomic E-state index is 11.9. The molecule has 0 fully saturated rings. The molecule has 94 valence electrons. The number of aromatic nitrogens is 1. The van der Waals surface area contributed by atoms with Crippen LogP contribution in [0.25, 0.3) is 0 Å². The third-order valence-electron chi connectivity index (χ3n) is 2.38. The summed E-state index contributed by atoms with van der Waals surface area (Å²) in [7, 11) is 0. The van der Waals surface area contributed by atoms with Crippen molar-refractivity contribution in [1.82, 2.24) is 4.57 Å². The number of esters is 1. The Morgan fingerprint density at radius 1 is 1.44 bits per heavy atom. The summed E-state index contributed by atoms with van der Waals surface area (Å²) in [6.45, 7) is 2.57. The Balaban J connectivity index is 3.06. The van der Waals surface area contributed by atoms with Crippen LogP contribution in [0.5, 0.6) is 0 Å². The fourth-order valence-corrected chi connectivity index (χ4v) is 1.43. The zero-order valence-corrected chi connectivity index (χ0v) is 10.2. The van der Waals surface area contributed by atoms with Gasteiger partial charge in [-0.05, 0) is 26.0 Å². The van der Waals surface area contributed by atoms with E-state index in [2.05, 4.69) is 10.7 Å². The second kappa shape index (κ2) is 5.82. The van der Waals surface area contributed by atoms with Crippen LogP contribution in [0.3, 0.4) is 0 Å². The van der Waals surface area contributed by atoms with Gasteiger partial charge < -0.3 is 9.30 Å². The van der Waals surface area contributed by atoms with E-state index >= 15 is 0 Å². The lowest BCUT2D eigenvalue weighted by atomic mass is 10.2. The molecule has 0 aliphatic rings. The first-order valence-corrected chi connectivity index (χ1v) is 5.28. The first-order valence-electron chi connectivity index (χ1n) is 5.28. The molecule has 0 spiro atoms. The topological polar surface area (TPSA) is 65.4 Å². The normalized spacial score (nSPS) is 9.61. The number of ether oxygens (including phenoxy) is 1. The molecule has 0 saturated heterocycles. The van der Waals surface area contributed by atoms with Crippen LogP contribution in [0.2, 0.25) is 0 Å². The highest BCUT2D eigenvalue weighted by Gasteiger charge is 2.13. The lowest BCUT2D eigenvalue weighted by Crippen LogP contribution is -2.30. The first-order chi connectivity index (χ1) is 8.47. The SMILES string of the molecule is C#CCOC(=O)Cn1c(C)ccc(C(C)=O)c1=O. The molecule has 0 aliphatic carbocycles. The Labute approximate surface area is 104 Å². The average molecular weight is 247 g/mol. The summed E-state index contributed by atoms with van der Waals surface area (Å²) < 4.78 is 5.88. The number of pyridine rings is 1. The van der Waals surface area contributed by atoms with Gasteiger partial charge in [-0.3, -0.25) is 14.4 Å². The van der Waals surface area contributed by atoms with Crippen molar-refractivity contribution in [3.05, 3.63) is 33.7 Å². The summed E-state index contributed by atoms with van der Waals surface area (Å²) in [6, 6.07) is 3.05. The molecule has 0 atom stereocenters. The zero-order valence-electron chi connectivity index (χ0n) is 10.2. The highest BCUT2D eigenvalue weighted by Crippen LogP contribution is 2.00. The number of carbonyl (C=O) groups is 2. The lowest BCUT2D eigenvalue weighted by Gasteiger charge is -2.10. The molecule has 5 nitrogen and oxygen atoms in total. The summed E-state index contributed by atoms with van der Waals surface area (Å²) in [6.07, 6.45) is 4.95. The molecule has 1 rings (SSSR count). The number of hydrogen-bond donors (Lipinski definition) is 0. The molecular weight excluding hydrogens is 234 g/mol. The van der Waals surface area contributed by atoms with Crippen molar-refractivity contribution in [3.8, 4) is 12.3 Å². The maximum Gasteiger partial charge on any atom is 0.327 e. The minimum absolute atomic E-state index is 0.0466. The van der Waals surface area contributed by atoms with E-state index in [1.54, 1.807) is 13.0 Å². The highest BCUT2D eigenvalue weighted by atomic mass is 16.5. The number of hydrogen-bond acceptors (Lipinski definition) is 4.